The summed E-state index contributed by atoms with van der Waals surface area (Å²) < 4.78 is 6.41. The molecule has 3 heterocycles. The summed E-state index contributed by atoms with van der Waals surface area (Å²) in [4.78, 5) is 45.8. The van der Waals surface area contributed by atoms with Gasteiger partial charge in [-0.05, 0) is 47.9 Å². The molecule has 200 valence electrons. The number of imide groups is 1. The molecule has 6 unspecified atom stereocenters. The van der Waals surface area contributed by atoms with Gasteiger partial charge in [0.25, 0.3) is 0 Å². The van der Waals surface area contributed by atoms with Crippen LogP contribution in [0.4, 0.5) is 5.69 Å². The summed E-state index contributed by atoms with van der Waals surface area (Å²) in [5.74, 6) is 0.235. The molecule has 0 radical (unpaired) electrons. The highest BCUT2D eigenvalue weighted by molar-refractivity contribution is 8.00. The van der Waals surface area contributed by atoms with Gasteiger partial charge in [0.1, 0.15) is 12.4 Å². The number of ether oxygens (including phenoxy) is 1. The molecule has 2 bridgehead atoms. The van der Waals surface area contributed by atoms with Gasteiger partial charge in [-0.25, -0.2) is 0 Å². The van der Waals surface area contributed by atoms with Gasteiger partial charge >= 0.3 is 4.87 Å². The molecule has 1 saturated heterocycles. The van der Waals surface area contributed by atoms with E-state index in [9.17, 15) is 14.4 Å². The minimum absolute atomic E-state index is 0.0650. The Balaban J connectivity index is 1.20. The van der Waals surface area contributed by atoms with Crippen molar-refractivity contribution >= 4 is 40.6 Å². The zero-order valence-electron chi connectivity index (χ0n) is 21.4. The van der Waals surface area contributed by atoms with Crippen LogP contribution in [0.1, 0.15) is 28.3 Å². The number of hydrogen-bond donors (Lipinski definition) is 1. The lowest BCUT2D eigenvalue weighted by atomic mass is 9.68. The van der Waals surface area contributed by atoms with Crippen LogP contribution in [0.2, 0.25) is 0 Å². The molecular formula is C32H26N2O4S2. The number of fused-ring (bicyclic) bond motifs is 9. The fourth-order valence-corrected chi connectivity index (χ4v) is 10.7. The summed E-state index contributed by atoms with van der Waals surface area (Å²) in [7, 11) is 0. The SMILES string of the molecule is O=C1C2C3CC(C2C(=O)N1c1ccccc1)C1C3Sc2[nH]c(=O)sc2[C@@H]1c1ccccc1OCc1ccccc1. The van der Waals surface area contributed by atoms with Crippen LogP contribution in [0.25, 0.3) is 0 Å². The summed E-state index contributed by atoms with van der Waals surface area (Å²) in [5.41, 5.74) is 2.78. The number of amides is 2. The molecule has 3 aromatic carbocycles. The van der Waals surface area contributed by atoms with Crippen LogP contribution in [-0.2, 0) is 16.2 Å². The van der Waals surface area contributed by atoms with Crippen molar-refractivity contribution in [2.75, 3.05) is 4.90 Å². The second-order valence-electron chi connectivity index (χ2n) is 11.1. The molecule has 7 atom stereocenters. The number of carbonyl (C=O) groups is 2. The Hall–Kier alpha value is -3.62. The number of benzene rings is 3. The first-order valence-electron chi connectivity index (χ1n) is 13.7. The van der Waals surface area contributed by atoms with Gasteiger partial charge in [0, 0.05) is 21.6 Å². The smallest absolute Gasteiger partial charge is 0.305 e. The van der Waals surface area contributed by atoms with E-state index >= 15 is 0 Å². The first-order chi connectivity index (χ1) is 19.6. The molecule has 3 fully saturated rings. The summed E-state index contributed by atoms with van der Waals surface area (Å²) >= 11 is 2.97. The van der Waals surface area contributed by atoms with E-state index in [1.165, 1.54) is 16.2 Å². The van der Waals surface area contributed by atoms with E-state index in [4.69, 9.17) is 4.74 Å². The number of aromatic amines is 1. The number of para-hydroxylation sites is 2. The second kappa shape index (κ2) is 9.21. The Kier molecular flexibility index (Phi) is 5.57. The van der Waals surface area contributed by atoms with Crippen molar-refractivity contribution in [2.45, 2.75) is 29.2 Å². The molecule has 2 amide bonds. The van der Waals surface area contributed by atoms with Gasteiger partial charge in [0.2, 0.25) is 11.8 Å². The molecule has 2 aliphatic heterocycles. The zero-order chi connectivity index (χ0) is 27.0. The molecule has 1 aromatic heterocycles. The molecular weight excluding hydrogens is 540 g/mol. The topological polar surface area (TPSA) is 79.5 Å². The van der Waals surface area contributed by atoms with Gasteiger partial charge in [-0.1, -0.05) is 78.1 Å². The second-order valence-corrected chi connectivity index (χ2v) is 13.3. The number of thioether (sulfide) groups is 1. The number of rotatable bonds is 5. The minimum Gasteiger partial charge on any atom is -0.489 e. The molecule has 8 rings (SSSR count). The maximum absolute atomic E-state index is 13.9. The van der Waals surface area contributed by atoms with Crippen molar-refractivity contribution in [2.24, 2.45) is 29.6 Å². The first kappa shape index (κ1) is 24.2. The quantitative estimate of drug-likeness (QED) is 0.314. The average Bonchev–Trinajstić information content (AvgIpc) is 3.72. The number of nitrogens with zero attached hydrogens (tertiary/aromatic N) is 1. The largest absolute Gasteiger partial charge is 0.489 e. The summed E-state index contributed by atoms with van der Waals surface area (Å²) in [6.07, 6.45) is 0.862. The molecule has 2 saturated carbocycles. The number of hydrogen-bond acceptors (Lipinski definition) is 6. The number of aromatic nitrogens is 1. The lowest BCUT2D eigenvalue weighted by Gasteiger charge is -2.43. The van der Waals surface area contributed by atoms with Crippen molar-refractivity contribution in [3.63, 3.8) is 0 Å². The molecule has 4 aromatic rings. The molecule has 8 heteroatoms. The van der Waals surface area contributed by atoms with E-state index in [1.807, 2.05) is 78.9 Å². The number of carbonyl (C=O) groups excluding carboxylic acids is 2. The molecule has 1 N–H and O–H groups in total. The van der Waals surface area contributed by atoms with E-state index in [0.717, 1.165) is 33.2 Å². The third-order valence-electron chi connectivity index (χ3n) is 9.23. The van der Waals surface area contributed by atoms with E-state index in [1.54, 1.807) is 11.8 Å². The summed E-state index contributed by atoms with van der Waals surface area (Å²) in [6, 6.07) is 27.5. The minimum atomic E-state index is -0.323. The highest BCUT2D eigenvalue weighted by atomic mass is 32.2. The Labute approximate surface area is 239 Å². The van der Waals surface area contributed by atoms with E-state index < -0.39 is 0 Å². The van der Waals surface area contributed by atoms with Gasteiger partial charge in [0.05, 0.1) is 22.5 Å². The van der Waals surface area contributed by atoms with E-state index in [2.05, 4.69) is 11.1 Å². The Morgan fingerprint density at radius 3 is 2.27 bits per heavy atom. The molecule has 6 nitrogen and oxygen atoms in total. The van der Waals surface area contributed by atoms with Crippen LogP contribution in [0.15, 0.2) is 94.7 Å². The molecule has 4 aliphatic rings. The highest BCUT2D eigenvalue weighted by Gasteiger charge is 2.69. The number of nitrogens with one attached hydrogen (secondary N) is 1. The van der Waals surface area contributed by atoms with Crippen LogP contribution in [0.3, 0.4) is 0 Å². The first-order valence-corrected chi connectivity index (χ1v) is 15.4. The lowest BCUT2D eigenvalue weighted by Crippen LogP contribution is -2.42. The standard InChI is InChI=1S/C32H26N2O4S2/c35-30-25-20-15-21(26(25)31(36)34(30)18-11-5-2-6-12-18)27-24(20)23(28-29(39-27)33-32(37)40-28)19-13-7-8-14-22(19)38-16-17-9-3-1-4-10-17/h1-14,20-21,23-27H,15-16H2,(H,33,37)/t20?,21?,23-,24?,25?,26?,27?/m1/s1. The maximum Gasteiger partial charge on any atom is 0.305 e. The molecule has 2 aliphatic carbocycles. The zero-order valence-corrected chi connectivity index (χ0v) is 23.1. The van der Waals surface area contributed by atoms with Crippen molar-refractivity contribution in [3.05, 3.63) is 111 Å². The Morgan fingerprint density at radius 2 is 1.50 bits per heavy atom. The predicted molar refractivity (Wildman–Crippen MR) is 155 cm³/mol. The van der Waals surface area contributed by atoms with Gasteiger partial charge in [-0.3, -0.25) is 19.3 Å². The molecule has 40 heavy (non-hydrogen) atoms. The van der Waals surface area contributed by atoms with Gasteiger partial charge in [-0.15, -0.1) is 11.8 Å². The van der Waals surface area contributed by atoms with Crippen molar-refractivity contribution in [3.8, 4) is 5.75 Å². The Bertz CT molecular complexity index is 1680. The number of anilines is 1. The van der Waals surface area contributed by atoms with Gasteiger partial charge < -0.3 is 9.72 Å². The lowest BCUT2D eigenvalue weighted by molar-refractivity contribution is -0.123. The fraction of sp³-hybridized carbons (Fsp3) is 0.281. The normalized spacial score (nSPS) is 29.8. The van der Waals surface area contributed by atoms with Crippen LogP contribution >= 0.6 is 23.1 Å². The van der Waals surface area contributed by atoms with Crippen LogP contribution in [0, 0.1) is 29.6 Å². The highest BCUT2D eigenvalue weighted by Crippen LogP contribution is 2.69. The average molecular weight is 567 g/mol. The summed E-state index contributed by atoms with van der Waals surface area (Å²) in [6.45, 7) is 0.444. The monoisotopic (exact) mass is 566 g/mol. The summed E-state index contributed by atoms with van der Waals surface area (Å²) in [5, 5.41) is 1.04. The van der Waals surface area contributed by atoms with Crippen molar-refractivity contribution in [1.82, 2.24) is 4.98 Å². The third kappa shape index (κ3) is 3.52. The van der Waals surface area contributed by atoms with Crippen LogP contribution < -0.4 is 14.5 Å². The number of H-pyrrole nitrogens is 1. The van der Waals surface area contributed by atoms with Crippen LogP contribution in [-0.4, -0.2) is 22.0 Å². The maximum atomic E-state index is 13.9. The van der Waals surface area contributed by atoms with E-state index in [-0.39, 0.29) is 57.4 Å². The fourth-order valence-electron chi connectivity index (χ4n) is 7.80. The van der Waals surface area contributed by atoms with Gasteiger partial charge in [0.15, 0.2) is 0 Å². The third-order valence-corrected chi connectivity index (χ3v) is 11.8. The molecule has 0 spiro atoms. The number of thiazole rings is 1. The van der Waals surface area contributed by atoms with Crippen LogP contribution in [0.5, 0.6) is 5.75 Å². The Morgan fingerprint density at radius 1 is 0.825 bits per heavy atom. The van der Waals surface area contributed by atoms with Gasteiger partial charge in [-0.2, -0.15) is 0 Å². The van der Waals surface area contributed by atoms with E-state index in [0.29, 0.717) is 12.3 Å². The predicted octanol–water partition coefficient (Wildman–Crippen LogP) is 5.69. The van der Waals surface area contributed by atoms with Crippen molar-refractivity contribution in [1.29, 1.82) is 0 Å². The van der Waals surface area contributed by atoms with Crippen molar-refractivity contribution < 1.29 is 14.3 Å².